The van der Waals surface area contributed by atoms with Gasteiger partial charge < -0.3 is 15.0 Å². The zero-order chi connectivity index (χ0) is 15.1. The summed E-state index contributed by atoms with van der Waals surface area (Å²) >= 11 is 0. The van der Waals surface area contributed by atoms with Gasteiger partial charge in [-0.15, -0.1) is 0 Å². The van der Waals surface area contributed by atoms with Crippen molar-refractivity contribution in [2.75, 3.05) is 38.3 Å². The van der Waals surface area contributed by atoms with Crippen LogP contribution in [0.4, 0.5) is 5.69 Å². The number of hydrogen-bond donors (Lipinski definition) is 1. The largest absolute Gasteiger partial charge is 0.381 e. The quantitative estimate of drug-likeness (QED) is 0.838. The fourth-order valence-corrected chi connectivity index (χ4v) is 2.84. The highest BCUT2D eigenvalue weighted by molar-refractivity contribution is 5.51. The molecule has 0 radical (unpaired) electrons. The van der Waals surface area contributed by atoms with Gasteiger partial charge in [-0.25, -0.2) is 0 Å². The molecule has 2 rings (SSSR count). The molecule has 0 saturated carbocycles. The van der Waals surface area contributed by atoms with Crippen molar-refractivity contribution in [3.05, 3.63) is 24.0 Å². The molecule has 1 saturated heterocycles. The number of anilines is 1. The molecule has 1 aliphatic rings. The SMILES string of the molecule is CC(C)CNCc1cnccc1N(C)CC1CCOCC1. The van der Waals surface area contributed by atoms with Gasteiger partial charge in [-0.3, -0.25) is 4.98 Å². The van der Waals surface area contributed by atoms with Crippen molar-refractivity contribution in [3.63, 3.8) is 0 Å². The Kier molecular flexibility index (Phi) is 6.46. The molecule has 0 bridgehead atoms. The van der Waals surface area contributed by atoms with Crippen LogP contribution < -0.4 is 10.2 Å². The lowest BCUT2D eigenvalue weighted by Gasteiger charge is -2.29. The van der Waals surface area contributed by atoms with Gasteiger partial charge in [0.2, 0.25) is 0 Å². The lowest BCUT2D eigenvalue weighted by Crippen LogP contribution is -2.30. The highest BCUT2D eigenvalue weighted by atomic mass is 16.5. The Balaban J connectivity index is 1.93. The van der Waals surface area contributed by atoms with Crippen molar-refractivity contribution in [3.8, 4) is 0 Å². The third-order valence-corrected chi connectivity index (χ3v) is 4.03. The molecule has 118 valence electrons. The highest BCUT2D eigenvalue weighted by Gasteiger charge is 2.17. The van der Waals surface area contributed by atoms with Crippen molar-refractivity contribution >= 4 is 5.69 Å². The maximum absolute atomic E-state index is 5.45. The molecule has 4 heteroatoms. The van der Waals surface area contributed by atoms with Gasteiger partial charge in [-0.05, 0) is 37.3 Å². The van der Waals surface area contributed by atoms with Crippen LogP contribution in [0, 0.1) is 11.8 Å². The van der Waals surface area contributed by atoms with E-state index in [-0.39, 0.29) is 0 Å². The summed E-state index contributed by atoms with van der Waals surface area (Å²) in [6.45, 7) is 9.32. The van der Waals surface area contributed by atoms with Gasteiger partial charge in [0.05, 0.1) is 0 Å². The van der Waals surface area contributed by atoms with Crippen LogP contribution in [0.1, 0.15) is 32.3 Å². The number of nitrogens with zero attached hydrogens (tertiary/aromatic N) is 2. The second-order valence-corrected chi connectivity index (χ2v) is 6.47. The van der Waals surface area contributed by atoms with Gasteiger partial charge in [-0.2, -0.15) is 0 Å². The van der Waals surface area contributed by atoms with Crippen LogP contribution in [-0.4, -0.2) is 38.3 Å². The first-order valence-electron chi connectivity index (χ1n) is 8.09. The summed E-state index contributed by atoms with van der Waals surface area (Å²) in [5.41, 5.74) is 2.58. The molecule has 4 nitrogen and oxygen atoms in total. The average molecular weight is 291 g/mol. The van der Waals surface area contributed by atoms with Crippen LogP contribution in [0.2, 0.25) is 0 Å². The van der Waals surface area contributed by atoms with E-state index in [0.717, 1.165) is 38.8 Å². The summed E-state index contributed by atoms with van der Waals surface area (Å²) in [7, 11) is 2.19. The first kappa shape index (κ1) is 16.2. The van der Waals surface area contributed by atoms with Gasteiger partial charge in [0, 0.05) is 57.0 Å². The van der Waals surface area contributed by atoms with E-state index >= 15 is 0 Å². The average Bonchev–Trinajstić information content (AvgIpc) is 2.48. The molecule has 1 aromatic heterocycles. The van der Waals surface area contributed by atoms with E-state index in [0.29, 0.717) is 5.92 Å². The van der Waals surface area contributed by atoms with E-state index in [9.17, 15) is 0 Å². The Morgan fingerprint density at radius 3 is 2.86 bits per heavy atom. The summed E-state index contributed by atoms with van der Waals surface area (Å²) in [6, 6.07) is 2.13. The molecule has 1 N–H and O–H groups in total. The molecule has 0 amide bonds. The fraction of sp³-hybridized carbons (Fsp3) is 0.706. The molecule has 0 aliphatic carbocycles. The minimum atomic E-state index is 0.671. The number of hydrogen-bond acceptors (Lipinski definition) is 4. The van der Waals surface area contributed by atoms with Crippen molar-refractivity contribution in [1.29, 1.82) is 0 Å². The standard InChI is InChI=1S/C17H29N3O/c1-14(2)10-19-12-16-11-18-7-4-17(16)20(3)13-15-5-8-21-9-6-15/h4,7,11,14-15,19H,5-6,8-10,12-13H2,1-3H3. The maximum Gasteiger partial charge on any atom is 0.0469 e. The Morgan fingerprint density at radius 2 is 2.14 bits per heavy atom. The summed E-state index contributed by atoms with van der Waals surface area (Å²) in [4.78, 5) is 6.66. The monoisotopic (exact) mass is 291 g/mol. The Bertz CT molecular complexity index is 416. The predicted molar refractivity (Wildman–Crippen MR) is 87.6 cm³/mol. The van der Waals surface area contributed by atoms with E-state index in [4.69, 9.17) is 4.74 Å². The molecule has 2 heterocycles. The zero-order valence-electron chi connectivity index (χ0n) is 13.6. The molecule has 1 fully saturated rings. The number of nitrogens with one attached hydrogen (secondary N) is 1. The number of aromatic nitrogens is 1. The van der Waals surface area contributed by atoms with Crippen LogP contribution in [0.3, 0.4) is 0 Å². The van der Waals surface area contributed by atoms with Crippen molar-refractivity contribution in [2.45, 2.75) is 33.2 Å². The highest BCUT2D eigenvalue weighted by Crippen LogP contribution is 2.22. The van der Waals surface area contributed by atoms with Gasteiger partial charge in [0.25, 0.3) is 0 Å². The van der Waals surface area contributed by atoms with E-state index < -0.39 is 0 Å². The molecular weight excluding hydrogens is 262 g/mol. The Hall–Kier alpha value is -1.13. The third-order valence-electron chi connectivity index (χ3n) is 4.03. The van der Waals surface area contributed by atoms with Crippen molar-refractivity contribution in [2.24, 2.45) is 11.8 Å². The van der Waals surface area contributed by atoms with Crippen LogP contribution >= 0.6 is 0 Å². The topological polar surface area (TPSA) is 37.4 Å². The Morgan fingerprint density at radius 1 is 1.38 bits per heavy atom. The van der Waals surface area contributed by atoms with E-state index in [1.807, 2.05) is 12.4 Å². The van der Waals surface area contributed by atoms with Crippen LogP contribution in [0.5, 0.6) is 0 Å². The first-order valence-corrected chi connectivity index (χ1v) is 8.09. The number of rotatable bonds is 7. The van der Waals surface area contributed by atoms with Gasteiger partial charge in [0.15, 0.2) is 0 Å². The number of pyridine rings is 1. The molecule has 21 heavy (non-hydrogen) atoms. The van der Waals surface area contributed by atoms with Crippen LogP contribution in [0.15, 0.2) is 18.5 Å². The third kappa shape index (κ3) is 5.29. The molecule has 0 spiro atoms. The second kappa shape index (κ2) is 8.35. The first-order chi connectivity index (χ1) is 10.2. The van der Waals surface area contributed by atoms with Crippen molar-refractivity contribution < 1.29 is 4.74 Å². The lowest BCUT2D eigenvalue weighted by atomic mass is 9.99. The normalized spacial score (nSPS) is 16.4. The smallest absolute Gasteiger partial charge is 0.0469 e. The summed E-state index contributed by atoms with van der Waals surface area (Å²) in [5, 5.41) is 3.51. The van der Waals surface area contributed by atoms with Gasteiger partial charge in [-0.1, -0.05) is 13.8 Å². The summed E-state index contributed by atoms with van der Waals surface area (Å²) in [6.07, 6.45) is 6.23. The van der Waals surface area contributed by atoms with E-state index in [1.54, 1.807) is 0 Å². The van der Waals surface area contributed by atoms with Crippen LogP contribution in [0.25, 0.3) is 0 Å². The molecular formula is C17H29N3O. The summed E-state index contributed by atoms with van der Waals surface area (Å²) < 4.78 is 5.45. The molecule has 0 aromatic carbocycles. The van der Waals surface area contributed by atoms with Gasteiger partial charge >= 0.3 is 0 Å². The van der Waals surface area contributed by atoms with Gasteiger partial charge in [0.1, 0.15) is 0 Å². The van der Waals surface area contributed by atoms with E-state index in [1.165, 1.54) is 24.1 Å². The fourth-order valence-electron chi connectivity index (χ4n) is 2.84. The summed E-state index contributed by atoms with van der Waals surface area (Å²) in [5.74, 6) is 1.42. The predicted octanol–water partition coefficient (Wildman–Crippen LogP) is 2.69. The van der Waals surface area contributed by atoms with Crippen molar-refractivity contribution in [1.82, 2.24) is 10.3 Å². The zero-order valence-corrected chi connectivity index (χ0v) is 13.6. The van der Waals surface area contributed by atoms with E-state index in [2.05, 4.69) is 42.2 Å². The Labute approximate surface area is 128 Å². The molecule has 0 atom stereocenters. The molecule has 0 unspecified atom stereocenters. The minimum absolute atomic E-state index is 0.671. The second-order valence-electron chi connectivity index (χ2n) is 6.47. The lowest BCUT2D eigenvalue weighted by molar-refractivity contribution is 0.0685. The number of ether oxygens (including phenoxy) is 1. The molecule has 1 aromatic rings. The molecule has 1 aliphatic heterocycles. The minimum Gasteiger partial charge on any atom is -0.381 e. The van der Waals surface area contributed by atoms with Crippen LogP contribution in [-0.2, 0) is 11.3 Å². The maximum atomic E-state index is 5.45.